The Morgan fingerprint density at radius 1 is 1.13 bits per heavy atom. The molecule has 170 valence electrons. The number of guanidine groups is 1. The molecule has 6 heteroatoms. The van der Waals surface area contributed by atoms with E-state index in [2.05, 4.69) is 51.7 Å². The molecule has 0 unspecified atom stereocenters. The van der Waals surface area contributed by atoms with E-state index in [4.69, 9.17) is 4.74 Å². The van der Waals surface area contributed by atoms with Crippen LogP contribution in [0.15, 0.2) is 29.3 Å². The first-order valence-corrected chi connectivity index (χ1v) is 11.4. The Labute approximate surface area is 200 Å². The van der Waals surface area contributed by atoms with Gasteiger partial charge in [-0.05, 0) is 67.7 Å². The highest BCUT2D eigenvalue weighted by atomic mass is 127. The Morgan fingerprint density at radius 3 is 2.37 bits per heavy atom. The predicted octanol–water partition coefficient (Wildman–Crippen LogP) is 4.41. The molecule has 0 spiro atoms. The fourth-order valence-corrected chi connectivity index (χ4v) is 4.43. The van der Waals surface area contributed by atoms with Gasteiger partial charge in [0.2, 0.25) is 0 Å². The van der Waals surface area contributed by atoms with E-state index in [-0.39, 0.29) is 24.0 Å². The molecule has 1 aromatic carbocycles. The van der Waals surface area contributed by atoms with E-state index < -0.39 is 0 Å². The standard InChI is InChI=1S/C24H40N4O.HI/c1-20-9-14-28(15-10-20)18-22-7-5-21(6-8-22)17-26-23(25-2)27-19-24(11-4-12-24)13-16-29-3;/h5-8,20H,4,9-19H2,1-3H3,(H2,25,26,27);1H. The summed E-state index contributed by atoms with van der Waals surface area (Å²) in [6.07, 6.45) is 7.71. The first-order chi connectivity index (χ1) is 14.1. The Kier molecular flexibility index (Phi) is 10.9. The number of piperidine rings is 1. The van der Waals surface area contributed by atoms with E-state index in [1.54, 1.807) is 7.11 Å². The third kappa shape index (κ3) is 7.68. The number of methoxy groups -OCH3 is 1. The molecule has 1 aliphatic carbocycles. The van der Waals surface area contributed by atoms with Gasteiger partial charge in [0.05, 0.1) is 0 Å². The number of nitrogens with zero attached hydrogens (tertiary/aromatic N) is 2. The summed E-state index contributed by atoms with van der Waals surface area (Å²) >= 11 is 0. The Balaban J connectivity index is 0.00000320. The maximum Gasteiger partial charge on any atom is 0.191 e. The van der Waals surface area contributed by atoms with Crippen LogP contribution < -0.4 is 10.6 Å². The molecule has 3 rings (SSSR count). The maximum atomic E-state index is 5.30. The van der Waals surface area contributed by atoms with Crippen molar-refractivity contribution in [2.75, 3.05) is 40.4 Å². The average molecular weight is 529 g/mol. The fraction of sp³-hybridized carbons (Fsp3) is 0.708. The number of hydrogen-bond donors (Lipinski definition) is 2. The van der Waals surface area contributed by atoms with Crippen LogP contribution in [0.4, 0.5) is 0 Å². The Bertz CT molecular complexity index is 637. The molecule has 2 aliphatic rings. The van der Waals surface area contributed by atoms with Gasteiger partial charge < -0.3 is 15.4 Å². The van der Waals surface area contributed by atoms with Crippen LogP contribution in [-0.2, 0) is 17.8 Å². The molecule has 0 aromatic heterocycles. The quantitative estimate of drug-likeness (QED) is 0.283. The maximum absolute atomic E-state index is 5.30. The molecular formula is C24H41IN4O. The topological polar surface area (TPSA) is 48.9 Å². The zero-order valence-electron chi connectivity index (χ0n) is 19.1. The fourth-order valence-electron chi connectivity index (χ4n) is 4.43. The zero-order chi connectivity index (χ0) is 20.5. The molecule has 1 aromatic rings. The molecule has 0 amide bonds. The molecule has 1 heterocycles. The largest absolute Gasteiger partial charge is 0.385 e. The smallest absolute Gasteiger partial charge is 0.191 e. The van der Waals surface area contributed by atoms with Crippen LogP contribution >= 0.6 is 24.0 Å². The molecule has 1 saturated carbocycles. The van der Waals surface area contributed by atoms with Crippen LogP contribution in [0.1, 0.15) is 56.6 Å². The summed E-state index contributed by atoms with van der Waals surface area (Å²) in [7, 11) is 3.64. The van der Waals surface area contributed by atoms with Crippen molar-refractivity contribution >= 4 is 29.9 Å². The van der Waals surface area contributed by atoms with E-state index in [1.807, 2.05) is 7.05 Å². The Morgan fingerprint density at radius 2 is 1.80 bits per heavy atom. The lowest BCUT2D eigenvalue weighted by Crippen LogP contribution is -2.46. The highest BCUT2D eigenvalue weighted by Gasteiger charge is 2.36. The van der Waals surface area contributed by atoms with Crippen molar-refractivity contribution in [1.29, 1.82) is 0 Å². The molecule has 1 saturated heterocycles. The lowest BCUT2D eigenvalue weighted by Gasteiger charge is -2.42. The van der Waals surface area contributed by atoms with Crippen molar-refractivity contribution in [2.24, 2.45) is 16.3 Å². The van der Waals surface area contributed by atoms with Gasteiger partial charge in [0.15, 0.2) is 5.96 Å². The minimum absolute atomic E-state index is 0. The number of nitrogens with one attached hydrogen (secondary N) is 2. The zero-order valence-corrected chi connectivity index (χ0v) is 21.4. The van der Waals surface area contributed by atoms with Crippen LogP contribution in [0, 0.1) is 11.3 Å². The minimum atomic E-state index is 0. The number of halogens is 1. The van der Waals surface area contributed by atoms with Crippen molar-refractivity contribution in [1.82, 2.24) is 15.5 Å². The molecule has 0 atom stereocenters. The van der Waals surface area contributed by atoms with Gasteiger partial charge >= 0.3 is 0 Å². The van der Waals surface area contributed by atoms with E-state index in [0.717, 1.165) is 44.5 Å². The Hall–Kier alpha value is -0.860. The third-order valence-electron chi connectivity index (χ3n) is 6.87. The van der Waals surface area contributed by atoms with Gasteiger partial charge in [-0.2, -0.15) is 0 Å². The summed E-state index contributed by atoms with van der Waals surface area (Å²) in [6.45, 7) is 8.53. The summed E-state index contributed by atoms with van der Waals surface area (Å²) in [5, 5.41) is 7.00. The number of ether oxygens (including phenoxy) is 1. The second kappa shape index (κ2) is 12.9. The van der Waals surface area contributed by atoms with Crippen LogP contribution in [0.2, 0.25) is 0 Å². The number of likely N-dealkylation sites (tertiary alicyclic amines) is 1. The van der Waals surface area contributed by atoms with Gasteiger partial charge in [0.1, 0.15) is 0 Å². The van der Waals surface area contributed by atoms with Crippen LogP contribution in [0.5, 0.6) is 0 Å². The van der Waals surface area contributed by atoms with E-state index in [1.165, 1.54) is 56.3 Å². The van der Waals surface area contributed by atoms with E-state index in [9.17, 15) is 0 Å². The minimum Gasteiger partial charge on any atom is -0.385 e. The molecule has 1 aliphatic heterocycles. The second-order valence-corrected chi connectivity index (χ2v) is 9.15. The highest BCUT2D eigenvalue weighted by molar-refractivity contribution is 14.0. The van der Waals surface area contributed by atoms with Gasteiger partial charge in [0, 0.05) is 40.4 Å². The van der Waals surface area contributed by atoms with Gasteiger partial charge in [-0.25, -0.2) is 0 Å². The van der Waals surface area contributed by atoms with E-state index >= 15 is 0 Å². The van der Waals surface area contributed by atoms with Crippen LogP contribution in [0.25, 0.3) is 0 Å². The van der Waals surface area contributed by atoms with Gasteiger partial charge in [0.25, 0.3) is 0 Å². The molecule has 2 N–H and O–H groups in total. The second-order valence-electron chi connectivity index (χ2n) is 9.15. The first kappa shape index (κ1) is 25.4. The van der Waals surface area contributed by atoms with Crippen LogP contribution in [-0.4, -0.2) is 51.3 Å². The predicted molar refractivity (Wildman–Crippen MR) is 137 cm³/mol. The summed E-state index contributed by atoms with van der Waals surface area (Å²) in [5.41, 5.74) is 3.10. The summed E-state index contributed by atoms with van der Waals surface area (Å²) < 4.78 is 5.30. The third-order valence-corrected chi connectivity index (χ3v) is 6.87. The number of aliphatic imine (C=N–C) groups is 1. The van der Waals surface area contributed by atoms with Crippen molar-refractivity contribution in [3.05, 3.63) is 35.4 Å². The average Bonchev–Trinajstić information content (AvgIpc) is 2.72. The molecule has 30 heavy (non-hydrogen) atoms. The van der Waals surface area contributed by atoms with Crippen molar-refractivity contribution in [2.45, 2.75) is 58.5 Å². The van der Waals surface area contributed by atoms with Crippen molar-refractivity contribution < 1.29 is 4.74 Å². The van der Waals surface area contributed by atoms with Gasteiger partial charge in [-0.1, -0.05) is 37.6 Å². The monoisotopic (exact) mass is 528 g/mol. The normalized spacial score (nSPS) is 19.6. The van der Waals surface area contributed by atoms with Crippen LogP contribution in [0.3, 0.4) is 0 Å². The van der Waals surface area contributed by atoms with Crippen molar-refractivity contribution in [3.63, 3.8) is 0 Å². The van der Waals surface area contributed by atoms with E-state index in [0.29, 0.717) is 5.41 Å². The first-order valence-electron chi connectivity index (χ1n) is 11.4. The summed E-state index contributed by atoms with van der Waals surface area (Å²) in [6, 6.07) is 9.04. The molecular weight excluding hydrogens is 487 g/mol. The molecule has 0 radical (unpaired) electrons. The highest BCUT2D eigenvalue weighted by Crippen LogP contribution is 2.43. The van der Waals surface area contributed by atoms with Crippen molar-refractivity contribution in [3.8, 4) is 0 Å². The lowest BCUT2D eigenvalue weighted by atomic mass is 9.67. The molecule has 2 fully saturated rings. The lowest BCUT2D eigenvalue weighted by molar-refractivity contribution is 0.0732. The number of benzene rings is 1. The van der Waals surface area contributed by atoms with Gasteiger partial charge in [-0.15, -0.1) is 24.0 Å². The molecule has 0 bridgehead atoms. The molecule has 5 nitrogen and oxygen atoms in total. The number of hydrogen-bond acceptors (Lipinski definition) is 3. The number of rotatable bonds is 9. The SMILES string of the molecule is CN=C(NCc1ccc(CN2CCC(C)CC2)cc1)NCC1(CCOC)CCC1.I. The summed E-state index contributed by atoms with van der Waals surface area (Å²) in [4.78, 5) is 6.98. The summed E-state index contributed by atoms with van der Waals surface area (Å²) in [5.74, 6) is 1.78. The van der Waals surface area contributed by atoms with Gasteiger partial charge in [-0.3, -0.25) is 9.89 Å².